The van der Waals surface area contributed by atoms with Gasteiger partial charge in [-0.05, 0) is 120 Å². The van der Waals surface area contributed by atoms with E-state index in [1.807, 2.05) is 0 Å². The summed E-state index contributed by atoms with van der Waals surface area (Å²) in [5, 5.41) is 18.4. The standard InChI is InChI=1S/C78H63N2OPSi2/c81-82(60-32-14-3-15-33-60,61-46-50-75-71(54-61)73-56-69(48-52-77(73)79(75)58-28-10-1-11-29-58)83(63-34-16-4-17-35-63,64-36-18-5-19-37-64)65-38-20-6-21-39-65)62-47-51-76-72(55-62)74-57-70(49-53-78(74)80(76)59-30-12-2-13-31-59)84(66-40-22-7-23-41-66,67-42-24-8-25-43-67)68-44-26-9-27-45-68/h1-14,16-20,22-26,28-32,34-38,40-44,46-57H,15,21,27,33,39,45H2/q-2. The molecule has 0 saturated carbocycles. The maximum atomic E-state index is 17.6. The van der Waals surface area contributed by atoms with E-state index in [4.69, 9.17) is 0 Å². The van der Waals surface area contributed by atoms with E-state index in [1.165, 1.54) is 41.5 Å². The number of aromatic nitrogens is 2. The molecule has 3 aliphatic carbocycles. The van der Waals surface area contributed by atoms with Gasteiger partial charge in [-0.1, -0.05) is 250 Å². The van der Waals surface area contributed by atoms with Crippen LogP contribution < -0.4 is 41.7 Å². The molecule has 0 fully saturated rings. The fourth-order valence-electron chi connectivity index (χ4n) is 14.6. The van der Waals surface area contributed by atoms with Crippen LogP contribution in [-0.4, -0.2) is 25.3 Å². The van der Waals surface area contributed by atoms with Gasteiger partial charge in [-0.15, -0.1) is 0 Å². The zero-order valence-electron chi connectivity index (χ0n) is 46.9. The highest BCUT2D eigenvalue weighted by atomic mass is 31.2. The van der Waals surface area contributed by atoms with Crippen LogP contribution in [0.5, 0.6) is 0 Å². The molecule has 0 radical (unpaired) electrons. The number of nitrogens with zero attached hydrogens (tertiary/aromatic N) is 2. The lowest BCUT2D eigenvalue weighted by Crippen LogP contribution is -2.68. The van der Waals surface area contributed by atoms with E-state index in [1.54, 1.807) is 0 Å². The Bertz CT molecular complexity index is 4360. The van der Waals surface area contributed by atoms with Crippen LogP contribution in [0.2, 0.25) is 0 Å². The molecule has 10 aromatic carbocycles. The topological polar surface area (TPSA) is 26.9 Å². The maximum Gasteiger partial charge on any atom is 0.167 e. The molecule has 0 atom stereocenters. The number of benzene rings is 10. The Morgan fingerprint density at radius 3 is 0.964 bits per heavy atom. The van der Waals surface area contributed by atoms with Gasteiger partial charge in [0.05, 0.1) is 22.1 Å². The first-order valence-electron chi connectivity index (χ1n) is 29.8. The molecule has 84 heavy (non-hydrogen) atoms. The summed E-state index contributed by atoms with van der Waals surface area (Å²) in [5.74, 6) is 0. The summed E-state index contributed by atoms with van der Waals surface area (Å²) in [7, 11) is -9.22. The van der Waals surface area contributed by atoms with Crippen molar-refractivity contribution in [3.63, 3.8) is 0 Å². The minimum atomic E-state index is -3.54. The minimum Gasteiger partial charge on any atom is -0.309 e. The molecule has 0 bridgehead atoms. The summed E-state index contributed by atoms with van der Waals surface area (Å²) in [6, 6.07) is 94.9. The van der Waals surface area contributed by atoms with Gasteiger partial charge in [0, 0.05) is 43.5 Å². The first kappa shape index (κ1) is 51.8. The van der Waals surface area contributed by atoms with Crippen LogP contribution in [0.25, 0.3) is 55.0 Å². The van der Waals surface area contributed by atoms with Gasteiger partial charge < -0.3 is 13.7 Å². The van der Waals surface area contributed by atoms with Gasteiger partial charge in [0.25, 0.3) is 0 Å². The van der Waals surface area contributed by atoms with Gasteiger partial charge in [-0.2, -0.15) is 41.5 Å². The third-order valence-electron chi connectivity index (χ3n) is 18.3. The quantitative estimate of drug-likeness (QED) is 0.0642. The molecule has 0 aliphatic heterocycles. The van der Waals surface area contributed by atoms with Crippen LogP contribution in [0.4, 0.5) is 0 Å². The fourth-order valence-corrected chi connectivity index (χ4v) is 27.6. The van der Waals surface area contributed by atoms with Crippen molar-refractivity contribution in [1.82, 2.24) is 9.13 Å². The zero-order chi connectivity index (χ0) is 56.1. The first-order valence-corrected chi connectivity index (χ1v) is 35.5. The molecule has 0 N–H and O–H groups in total. The number of hydrogen-bond acceptors (Lipinski definition) is 1. The molecule has 0 spiro atoms. The maximum absolute atomic E-state index is 17.6. The smallest absolute Gasteiger partial charge is 0.167 e. The Morgan fingerprint density at radius 2 is 0.631 bits per heavy atom. The third-order valence-corrected chi connectivity index (χ3v) is 31.4. The first-order chi connectivity index (χ1) is 41.6. The Hall–Kier alpha value is -9.10. The molecule has 15 rings (SSSR count). The van der Waals surface area contributed by atoms with Crippen molar-refractivity contribution < 1.29 is 4.57 Å². The fraction of sp³-hybridized carbons (Fsp3) is 0.0769. The lowest BCUT2D eigenvalue weighted by atomic mass is 10.1. The highest BCUT2D eigenvalue weighted by molar-refractivity contribution is 7.82. The average molecular weight is 1130 g/mol. The molecule has 12 aromatic rings. The van der Waals surface area contributed by atoms with E-state index in [9.17, 15) is 0 Å². The van der Waals surface area contributed by atoms with Crippen LogP contribution in [0, 0.1) is 0 Å². The molecule has 2 heterocycles. The highest BCUT2D eigenvalue weighted by Gasteiger charge is 2.36. The lowest BCUT2D eigenvalue weighted by Gasteiger charge is -2.49. The van der Waals surface area contributed by atoms with Crippen molar-refractivity contribution in [1.29, 1.82) is 0 Å². The van der Waals surface area contributed by atoms with E-state index in [0.29, 0.717) is 6.42 Å². The predicted molar refractivity (Wildman–Crippen MR) is 363 cm³/mol. The van der Waals surface area contributed by atoms with Gasteiger partial charge in [0.15, 0.2) is 7.14 Å². The molecule has 3 aliphatic rings. The van der Waals surface area contributed by atoms with Crippen LogP contribution in [-0.2, 0) is 4.57 Å². The Labute approximate surface area is 494 Å². The van der Waals surface area contributed by atoms with Crippen LogP contribution >= 0.6 is 7.14 Å². The second-order valence-corrected chi connectivity index (χ2v) is 33.3. The second-order valence-electron chi connectivity index (χ2n) is 22.7. The van der Waals surface area contributed by atoms with E-state index in [-0.39, 0.29) is 0 Å². The molecule has 3 nitrogen and oxygen atoms in total. The monoisotopic (exact) mass is 1130 g/mol. The minimum absolute atomic E-state index is 0.716. The van der Waals surface area contributed by atoms with Crippen molar-refractivity contribution in [3.8, 4) is 11.4 Å². The normalized spacial score (nSPS) is 14.7. The van der Waals surface area contributed by atoms with Gasteiger partial charge in [0.2, 0.25) is 0 Å². The number of allylic oxidation sites excluding steroid dienone is 12. The SMILES string of the molecule is O=P(C1=CC=CCC1)(c1ccc2c(c1)c1cc([Si-](C3=CC=CCC3)(c3ccccc3)c3ccccc3)ccc1n2-c1ccccc1)c1ccc2c(c1)c1cc([Si-](C3=CC=CCC3)(c3ccccc3)c3ccccc3)ccc1n2-c1ccccc1. The summed E-state index contributed by atoms with van der Waals surface area (Å²) in [5.41, 5.74) is 6.64. The van der Waals surface area contributed by atoms with E-state index in [2.05, 4.69) is 319 Å². The number of fused-ring (bicyclic) bond motifs is 6. The lowest BCUT2D eigenvalue weighted by molar-refractivity contribution is 0.589. The molecule has 0 amide bonds. The molecule has 0 saturated heterocycles. The van der Waals surface area contributed by atoms with Crippen LogP contribution in [0.1, 0.15) is 38.5 Å². The Morgan fingerprint density at radius 1 is 0.310 bits per heavy atom. The molecule has 406 valence electrons. The number of hydrogen-bond donors (Lipinski definition) is 0. The summed E-state index contributed by atoms with van der Waals surface area (Å²) >= 11 is 0. The van der Waals surface area contributed by atoms with E-state index < -0.39 is 23.3 Å². The van der Waals surface area contributed by atoms with Gasteiger partial charge >= 0.3 is 0 Å². The molecule has 2 aromatic heterocycles. The van der Waals surface area contributed by atoms with Crippen molar-refractivity contribution in [2.75, 3.05) is 0 Å². The Kier molecular flexibility index (Phi) is 13.3. The highest BCUT2D eigenvalue weighted by Crippen LogP contribution is 2.55. The Balaban J connectivity index is 0.995. The summed E-state index contributed by atoms with van der Waals surface area (Å²) < 4.78 is 22.4. The van der Waals surface area contributed by atoms with E-state index >= 15 is 4.57 Å². The largest absolute Gasteiger partial charge is 0.309 e. The number of para-hydroxylation sites is 2. The third kappa shape index (κ3) is 8.32. The summed E-state index contributed by atoms with van der Waals surface area (Å²) in [6.45, 7) is 0. The van der Waals surface area contributed by atoms with Crippen LogP contribution in [0.15, 0.2) is 325 Å². The van der Waals surface area contributed by atoms with Crippen molar-refractivity contribution in [3.05, 3.63) is 325 Å². The van der Waals surface area contributed by atoms with Gasteiger partial charge in [0.1, 0.15) is 0 Å². The summed E-state index contributed by atoms with van der Waals surface area (Å²) in [4.78, 5) is 0. The molecule has 0 unspecified atom stereocenters. The number of rotatable bonds is 13. The zero-order valence-corrected chi connectivity index (χ0v) is 49.8. The predicted octanol–water partition coefficient (Wildman–Crippen LogP) is 15.0. The van der Waals surface area contributed by atoms with Gasteiger partial charge in [-0.3, -0.25) is 0 Å². The average Bonchev–Trinajstić information content (AvgIpc) is 2.11. The molecular weight excluding hydrogens is 1070 g/mol. The van der Waals surface area contributed by atoms with Crippen molar-refractivity contribution in [2.45, 2.75) is 38.5 Å². The summed E-state index contributed by atoms with van der Waals surface area (Å²) in [6.07, 6.45) is 26.1. The van der Waals surface area contributed by atoms with Crippen molar-refractivity contribution >= 4 is 109 Å². The molecule has 6 heteroatoms. The van der Waals surface area contributed by atoms with Crippen molar-refractivity contribution in [2.24, 2.45) is 0 Å². The van der Waals surface area contributed by atoms with Crippen LogP contribution in [0.3, 0.4) is 0 Å². The van der Waals surface area contributed by atoms with E-state index in [0.717, 1.165) is 103 Å². The van der Waals surface area contributed by atoms with Gasteiger partial charge in [-0.25, -0.2) is 0 Å². The second kappa shape index (κ2) is 21.6. The molecular formula is C78H63N2OPSi2-2.